The zero-order valence-corrected chi connectivity index (χ0v) is 9.21. The van der Waals surface area contributed by atoms with Gasteiger partial charge in [-0.1, -0.05) is 18.2 Å². The molecule has 0 saturated heterocycles. The first-order chi connectivity index (χ1) is 6.90. The largest absolute Gasteiger partial charge is 0.374 e. The molecule has 1 atom stereocenters. The first kappa shape index (κ1) is 12.2. The zero-order valence-electron chi connectivity index (χ0n) is 8.32. The fourth-order valence-corrected chi connectivity index (χ4v) is 2.03. The number of aliphatic hydroxyl groups excluding tert-OH is 1. The molecule has 0 amide bonds. The third-order valence-electron chi connectivity index (χ3n) is 1.88. The lowest BCUT2D eigenvalue weighted by atomic mass is 10.3. The van der Waals surface area contributed by atoms with E-state index in [0.717, 1.165) is 0 Å². The van der Waals surface area contributed by atoms with Crippen LogP contribution in [0.4, 0.5) is 5.69 Å². The number of anilines is 1. The number of aliphatic hydroxyl groups is 1. The lowest BCUT2D eigenvalue weighted by Gasteiger charge is -2.27. The van der Waals surface area contributed by atoms with Gasteiger partial charge in [0.15, 0.2) is 0 Å². The molecule has 0 radical (unpaired) electrons. The summed E-state index contributed by atoms with van der Waals surface area (Å²) in [4.78, 5) is 19.0. The van der Waals surface area contributed by atoms with Crippen LogP contribution in [0.5, 0.6) is 0 Å². The summed E-state index contributed by atoms with van der Waals surface area (Å²) in [5, 5.41) is 9.41. The predicted molar refractivity (Wildman–Crippen MR) is 57.5 cm³/mol. The van der Waals surface area contributed by atoms with Crippen LogP contribution in [0.25, 0.3) is 0 Å². The van der Waals surface area contributed by atoms with Crippen LogP contribution in [-0.2, 0) is 4.57 Å². The number of nitrogens with zero attached hydrogens (tertiary/aromatic N) is 1. The molecule has 15 heavy (non-hydrogen) atoms. The van der Waals surface area contributed by atoms with Crippen LogP contribution in [0.15, 0.2) is 30.3 Å². The van der Waals surface area contributed by atoms with E-state index in [-0.39, 0.29) is 0 Å². The van der Waals surface area contributed by atoms with E-state index in [2.05, 4.69) is 0 Å². The van der Waals surface area contributed by atoms with Gasteiger partial charge in [-0.2, -0.15) is 0 Å². The summed E-state index contributed by atoms with van der Waals surface area (Å²) >= 11 is 0. The van der Waals surface area contributed by atoms with Gasteiger partial charge in [-0.25, -0.2) is 0 Å². The molecule has 1 aromatic carbocycles. The Morgan fingerprint density at radius 2 is 1.87 bits per heavy atom. The Kier molecular flexibility index (Phi) is 3.88. The van der Waals surface area contributed by atoms with Gasteiger partial charge in [0.25, 0.3) is 0 Å². The summed E-state index contributed by atoms with van der Waals surface area (Å²) in [5.74, 6) is 0. The molecular weight excluding hydrogens is 217 g/mol. The minimum absolute atomic E-state index is 0.491. The maximum atomic E-state index is 10.9. The van der Waals surface area contributed by atoms with Crippen molar-refractivity contribution in [3.63, 3.8) is 0 Å². The van der Waals surface area contributed by atoms with E-state index in [1.165, 1.54) is 11.8 Å². The van der Waals surface area contributed by atoms with E-state index in [1.54, 1.807) is 30.3 Å². The van der Waals surface area contributed by atoms with Crippen LogP contribution in [-0.4, -0.2) is 27.4 Å². The van der Waals surface area contributed by atoms with Gasteiger partial charge >= 0.3 is 7.60 Å². The molecule has 5 nitrogen and oxygen atoms in total. The van der Waals surface area contributed by atoms with Crippen molar-refractivity contribution in [1.82, 2.24) is 0 Å². The Bertz CT molecular complexity index is 348. The highest BCUT2D eigenvalue weighted by Crippen LogP contribution is 2.37. The molecule has 0 spiro atoms. The predicted octanol–water partition coefficient (Wildman–Crippen LogP) is 0.966. The van der Waals surface area contributed by atoms with Crippen molar-refractivity contribution in [2.45, 2.75) is 13.2 Å². The minimum Gasteiger partial charge on any atom is -0.374 e. The summed E-state index contributed by atoms with van der Waals surface area (Å²) in [5.41, 5.74) is 0.579. The highest BCUT2D eigenvalue weighted by molar-refractivity contribution is 7.51. The van der Waals surface area contributed by atoms with Gasteiger partial charge < -0.3 is 19.8 Å². The van der Waals surface area contributed by atoms with Crippen molar-refractivity contribution >= 4 is 13.3 Å². The molecule has 1 unspecified atom stereocenters. The third-order valence-corrected chi connectivity index (χ3v) is 2.55. The molecule has 3 N–H and O–H groups in total. The highest BCUT2D eigenvalue weighted by Gasteiger charge is 2.22. The molecule has 0 fully saturated rings. The monoisotopic (exact) mass is 231 g/mol. The average Bonchev–Trinajstić information content (AvgIpc) is 2.14. The van der Waals surface area contributed by atoms with Crippen molar-refractivity contribution in [2.75, 3.05) is 11.2 Å². The van der Waals surface area contributed by atoms with Crippen molar-refractivity contribution in [3.05, 3.63) is 30.3 Å². The van der Waals surface area contributed by atoms with Crippen LogP contribution < -0.4 is 4.90 Å². The number of benzene rings is 1. The number of hydrogen-bond acceptors (Lipinski definition) is 3. The van der Waals surface area contributed by atoms with Gasteiger partial charge in [0.05, 0.1) is 0 Å². The van der Waals surface area contributed by atoms with Crippen LogP contribution in [0.1, 0.15) is 6.92 Å². The molecule has 0 bridgehead atoms. The summed E-state index contributed by atoms with van der Waals surface area (Å²) in [6.45, 7) is 1.46. The number of para-hydroxylation sites is 1. The zero-order chi connectivity index (χ0) is 11.5. The maximum Gasteiger partial charge on any atom is 0.344 e. The summed E-state index contributed by atoms with van der Waals surface area (Å²) in [6.07, 6.45) is -1.44. The Morgan fingerprint density at radius 3 is 2.27 bits per heavy atom. The van der Waals surface area contributed by atoms with Gasteiger partial charge in [-0.05, 0) is 19.1 Å². The second kappa shape index (κ2) is 4.77. The molecule has 0 heterocycles. The fraction of sp³-hybridized carbons (Fsp3) is 0.333. The van der Waals surface area contributed by atoms with E-state index in [0.29, 0.717) is 5.69 Å². The number of rotatable bonds is 4. The Morgan fingerprint density at radius 1 is 1.33 bits per heavy atom. The van der Waals surface area contributed by atoms with E-state index in [1.807, 2.05) is 0 Å². The van der Waals surface area contributed by atoms with Crippen LogP contribution in [0.2, 0.25) is 0 Å². The lowest BCUT2D eigenvalue weighted by molar-refractivity contribution is 0.190. The SMILES string of the molecule is CC(O)N(CP(=O)(O)O)c1ccccc1. The Balaban J connectivity index is 2.90. The summed E-state index contributed by atoms with van der Waals surface area (Å²) < 4.78 is 10.9. The first-order valence-electron chi connectivity index (χ1n) is 4.44. The van der Waals surface area contributed by atoms with Crippen molar-refractivity contribution in [1.29, 1.82) is 0 Å². The van der Waals surface area contributed by atoms with Gasteiger partial charge in [0, 0.05) is 5.69 Å². The van der Waals surface area contributed by atoms with Gasteiger partial charge in [0.1, 0.15) is 12.5 Å². The second-order valence-corrected chi connectivity index (χ2v) is 4.86. The second-order valence-electron chi connectivity index (χ2n) is 3.24. The molecular formula is C9H14NO4P. The summed E-state index contributed by atoms with van der Waals surface area (Å²) in [7, 11) is -4.18. The molecule has 1 rings (SSSR count). The van der Waals surface area contributed by atoms with E-state index in [9.17, 15) is 9.67 Å². The minimum atomic E-state index is -4.18. The molecule has 0 aliphatic rings. The quantitative estimate of drug-likeness (QED) is 0.531. The van der Waals surface area contributed by atoms with Gasteiger partial charge in [0.2, 0.25) is 0 Å². The van der Waals surface area contributed by atoms with Crippen LogP contribution in [0, 0.1) is 0 Å². The molecule has 0 aromatic heterocycles. The fourth-order valence-electron chi connectivity index (χ4n) is 1.23. The van der Waals surface area contributed by atoms with Crippen LogP contribution >= 0.6 is 7.60 Å². The van der Waals surface area contributed by atoms with E-state index < -0.39 is 20.1 Å². The topological polar surface area (TPSA) is 81.0 Å². The molecule has 0 aliphatic carbocycles. The maximum absolute atomic E-state index is 10.9. The van der Waals surface area contributed by atoms with Gasteiger partial charge in [-0.3, -0.25) is 4.57 Å². The highest BCUT2D eigenvalue weighted by atomic mass is 31.2. The van der Waals surface area contributed by atoms with E-state index in [4.69, 9.17) is 9.79 Å². The van der Waals surface area contributed by atoms with Crippen molar-refractivity contribution in [2.24, 2.45) is 0 Å². The molecule has 6 heteroatoms. The first-order valence-corrected chi connectivity index (χ1v) is 6.24. The van der Waals surface area contributed by atoms with Crippen molar-refractivity contribution in [3.8, 4) is 0 Å². The molecule has 84 valence electrons. The van der Waals surface area contributed by atoms with Crippen molar-refractivity contribution < 1.29 is 19.5 Å². The van der Waals surface area contributed by atoms with Gasteiger partial charge in [-0.15, -0.1) is 0 Å². The van der Waals surface area contributed by atoms with Crippen LogP contribution in [0.3, 0.4) is 0 Å². The van der Waals surface area contributed by atoms with E-state index >= 15 is 0 Å². The average molecular weight is 231 g/mol. The standard InChI is InChI=1S/C9H14NO4P/c1-8(11)10(7-15(12,13)14)9-5-3-2-4-6-9/h2-6,8,11H,7H2,1H3,(H2,12,13,14). The number of hydrogen-bond donors (Lipinski definition) is 3. The molecule has 0 aliphatic heterocycles. The lowest BCUT2D eigenvalue weighted by Crippen LogP contribution is -2.33. The Labute approximate surface area is 88.1 Å². The molecule has 1 aromatic rings. The molecule has 0 saturated carbocycles. The smallest absolute Gasteiger partial charge is 0.344 e. The summed E-state index contributed by atoms with van der Waals surface area (Å²) in [6, 6.07) is 8.64. The Hall–Kier alpha value is -0.870. The third kappa shape index (κ3) is 4.01. The normalized spacial score (nSPS) is 13.6.